The van der Waals surface area contributed by atoms with Crippen LogP contribution >= 0.6 is 0 Å². The van der Waals surface area contributed by atoms with Gasteiger partial charge in [0.1, 0.15) is 0 Å². The van der Waals surface area contributed by atoms with Gasteiger partial charge in [-0.1, -0.05) is 6.07 Å². The van der Waals surface area contributed by atoms with Gasteiger partial charge in [-0.15, -0.1) is 0 Å². The Hall–Kier alpha value is -0.930. The lowest BCUT2D eigenvalue weighted by Gasteiger charge is -2.11. The number of rotatable bonds is 3. The van der Waals surface area contributed by atoms with Gasteiger partial charge in [0.25, 0.3) is 0 Å². The average molecular weight is 205 g/mol. The SMILES string of the molecule is Cc1ccc(CNC2CNC(C)C2)cn1. The van der Waals surface area contributed by atoms with Crippen LogP contribution in [0, 0.1) is 6.92 Å². The molecule has 1 saturated heterocycles. The third-order valence-corrected chi connectivity index (χ3v) is 2.92. The van der Waals surface area contributed by atoms with Gasteiger partial charge in [-0.05, 0) is 31.9 Å². The zero-order chi connectivity index (χ0) is 10.7. The largest absolute Gasteiger partial charge is 0.313 e. The van der Waals surface area contributed by atoms with Gasteiger partial charge in [-0.25, -0.2) is 0 Å². The predicted octanol–water partition coefficient (Wildman–Crippen LogP) is 1.23. The molecule has 0 radical (unpaired) electrons. The Morgan fingerprint density at radius 2 is 2.40 bits per heavy atom. The van der Waals surface area contributed by atoms with Crippen molar-refractivity contribution in [3.05, 3.63) is 29.6 Å². The molecule has 0 amide bonds. The monoisotopic (exact) mass is 205 g/mol. The van der Waals surface area contributed by atoms with Crippen LogP contribution in [0.1, 0.15) is 24.6 Å². The molecule has 15 heavy (non-hydrogen) atoms. The minimum atomic E-state index is 0.612. The van der Waals surface area contributed by atoms with Gasteiger partial charge in [0, 0.05) is 37.1 Å². The first kappa shape index (κ1) is 10.6. The molecule has 1 aliphatic rings. The molecule has 0 saturated carbocycles. The molecule has 3 heteroatoms. The number of aryl methyl sites for hydroxylation is 1. The molecular weight excluding hydrogens is 186 g/mol. The second kappa shape index (κ2) is 4.73. The molecule has 1 aromatic heterocycles. The van der Waals surface area contributed by atoms with Gasteiger partial charge in [-0.3, -0.25) is 4.98 Å². The van der Waals surface area contributed by atoms with E-state index in [0.717, 1.165) is 18.8 Å². The number of hydrogen-bond acceptors (Lipinski definition) is 3. The third-order valence-electron chi connectivity index (χ3n) is 2.92. The minimum absolute atomic E-state index is 0.612. The van der Waals surface area contributed by atoms with E-state index in [1.807, 2.05) is 13.1 Å². The molecule has 0 bridgehead atoms. The zero-order valence-corrected chi connectivity index (χ0v) is 9.46. The first-order valence-electron chi connectivity index (χ1n) is 5.62. The van der Waals surface area contributed by atoms with Crippen LogP contribution in [0.3, 0.4) is 0 Å². The Kier molecular flexibility index (Phi) is 3.34. The van der Waals surface area contributed by atoms with Crippen LogP contribution in [0.5, 0.6) is 0 Å². The van der Waals surface area contributed by atoms with Crippen molar-refractivity contribution < 1.29 is 0 Å². The molecule has 3 nitrogen and oxygen atoms in total. The first-order valence-corrected chi connectivity index (χ1v) is 5.62. The van der Waals surface area contributed by atoms with Gasteiger partial charge < -0.3 is 10.6 Å². The van der Waals surface area contributed by atoms with Gasteiger partial charge in [-0.2, -0.15) is 0 Å². The van der Waals surface area contributed by atoms with E-state index in [0.29, 0.717) is 12.1 Å². The summed E-state index contributed by atoms with van der Waals surface area (Å²) in [7, 11) is 0. The van der Waals surface area contributed by atoms with Crippen molar-refractivity contribution in [3.8, 4) is 0 Å². The summed E-state index contributed by atoms with van der Waals surface area (Å²) in [6.45, 7) is 6.25. The molecule has 2 rings (SSSR count). The van der Waals surface area contributed by atoms with E-state index < -0.39 is 0 Å². The molecule has 0 aliphatic carbocycles. The molecule has 2 atom stereocenters. The molecule has 0 aromatic carbocycles. The normalized spacial score (nSPS) is 25.7. The van der Waals surface area contributed by atoms with Crippen LogP contribution in [0.4, 0.5) is 0 Å². The summed E-state index contributed by atoms with van der Waals surface area (Å²) in [5.74, 6) is 0. The smallest absolute Gasteiger partial charge is 0.0372 e. The fourth-order valence-corrected chi connectivity index (χ4v) is 1.96. The number of hydrogen-bond donors (Lipinski definition) is 2. The third kappa shape index (κ3) is 3.01. The van der Waals surface area contributed by atoms with Crippen molar-refractivity contribution in [3.63, 3.8) is 0 Å². The highest BCUT2D eigenvalue weighted by Gasteiger charge is 2.19. The summed E-state index contributed by atoms with van der Waals surface area (Å²) < 4.78 is 0. The summed E-state index contributed by atoms with van der Waals surface area (Å²) in [6.07, 6.45) is 3.17. The average Bonchev–Trinajstić information content (AvgIpc) is 2.64. The van der Waals surface area contributed by atoms with Gasteiger partial charge in [0.2, 0.25) is 0 Å². The lowest BCUT2D eigenvalue weighted by Crippen LogP contribution is -2.30. The second-order valence-electron chi connectivity index (χ2n) is 4.43. The summed E-state index contributed by atoms with van der Waals surface area (Å²) in [5.41, 5.74) is 2.34. The predicted molar refractivity (Wildman–Crippen MR) is 61.7 cm³/mol. The van der Waals surface area contributed by atoms with Gasteiger partial charge in [0.15, 0.2) is 0 Å². The molecule has 2 N–H and O–H groups in total. The maximum Gasteiger partial charge on any atom is 0.0372 e. The van der Waals surface area contributed by atoms with Crippen LogP contribution in [0.15, 0.2) is 18.3 Å². The van der Waals surface area contributed by atoms with E-state index in [9.17, 15) is 0 Å². The fraction of sp³-hybridized carbons (Fsp3) is 0.583. The molecule has 1 fully saturated rings. The van der Waals surface area contributed by atoms with E-state index >= 15 is 0 Å². The Labute approximate surface area is 91.3 Å². The van der Waals surface area contributed by atoms with Gasteiger partial charge >= 0.3 is 0 Å². The second-order valence-corrected chi connectivity index (χ2v) is 4.43. The minimum Gasteiger partial charge on any atom is -0.313 e. The molecule has 1 aromatic rings. The van der Waals surface area contributed by atoms with Crippen molar-refractivity contribution in [1.29, 1.82) is 0 Å². The van der Waals surface area contributed by atoms with E-state index in [-0.39, 0.29) is 0 Å². The zero-order valence-electron chi connectivity index (χ0n) is 9.46. The molecule has 1 aliphatic heterocycles. The van der Waals surface area contributed by atoms with E-state index in [4.69, 9.17) is 0 Å². The summed E-state index contributed by atoms with van der Waals surface area (Å²) in [4.78, 5) is 4.28. The molecular formula is C12H19N3. The van der Waals surface area contributed by atoms with E-state index in [1.54, 1.807) is 0 Å². The molecule has 0 spiro atoms. The van der Waals surface area contributed by atoms with Gasteiger partial charge in [0.05, 0.1) is 0 Å². The molecule has 82 valence electrons. The Bertz CT molecular complexity index is 307. The highest BCUT2D eigenvalue weighted by molar-refractivity contribution is 5.13. The number of pyridine rings is 1. The Morgan fingerprint density at radius 1 is 1.53 bits per heavy atom. The Balaban J connectivity index is 1.80. The fourth-order valence-electron chi connectivity index (χ4n) is 1.96. The summed E-state index contributed by atoms with van der Waals surface area (Å²) >= 11 is 0. The van der Waals surface area contributed by atoms with Crippen LogP contribution in [-0.2, 0) is 6.54 Å². The highest BCUT2D eigenvalue weighted by atomic mass is 15.0. The van der Waals surface area contributed by atoms with Crippen molar-refractivity contribution in [2.24, 2.45) is 0 Å². The Morgan fingerprint density at radius 3 is 3.00 bits per heavy atom. The standard InChI is InChI=1S/C12H19N3/c1-9-3-4-11(6-13-9)7-15-12-5-10(2)14-8-12/h3-4,6,10,12,14-15H,5,7-8H2,1-2H3. The van der Waals surface area contributed by atoms with Crippen molar-refractivity contribution >= 4 is 0 Å². The number of nitrogens with zero attached hydrogens (tertiary/aromatic N) is 1. The highest BCUT2D eigenvalue weighted by Crippen LogP contribution is 2.07. The van der Waals surface area contributed by atoms with Crippen LogP contribution in [0.2, 0.25) is 0 Å². The quantitative estimate of drug-likeness (QED) is 0.779. The van der Waals surface area contributed by atoms with Crippen molar-refractivity contribution in [2.45, 2.75) is 38.9 Å². The number of aromatic nitrogens is 1. The summed E-state index contributed by atoms with van der Waals surface area (Å²) in [6, 6.07) is 5.47. The van der Waals surface area contributed by atoms with E-state index in [2.05, 4.69) is 34.7 Å². The molecule has 2 heterocycles. The van der Waals surface area contributed by atoms with Crippen LogP contribution < -0.4 is 10.6 Å². The lowest BCUT2D eigenvalue weighted by atomic mass is 10.2. The summed E-state index contributed by atoms with van der Waals surface area (Å²) in [5, 5.41) is 6.98. The van der Waals surface area contributed by atoms with E-state index in [1.165, 1.54) is 12.0 Å². The van der Waals surface area contributed by atoms with Crippen LogP contribution in [0.25, 0.3) is 0 Å². The maximum atomic E-state index is 4.28. The topological polar surface area (TPSA) is 37.0 Å². The van der Waals surface area contributed by atoms with Crippen molar-refractivity contribution in [2.75, 3.05) is 6.54 Å². The van der Waals surface area contributed by atoms with Crippen molar-refractivity contribution in [1.82, 2.24) is 15.6 Å². The van der Waals surface area contributed by atoms with Crippen LogP contribution in [-0.4, -0.2) is 23.6 Å². The first-order chi connectivity index (χ1) is 7.24. The lowest BCUT2D eigenvalue weighted by molar-refractivity contribution is 0.537. The number of nitrogens with one attached hydrogen (secondary N) is 2. The maximum absolute atomic E-state index is 4.28. The molecule has 2 unspecified atom stereocenters.